The van der Waals surface area contributed by atoms with Crippen LogP contribution in [0.1, 0.15) is 56.2 Å². The number of ether oxygens (including phenoxy) is 1. The normalized spacial score (nSPS) is 23.4. The summed E-state index contributed by atoms with van der Waals surface area (Å²) in [4.78, 5) is 0. The van der Waals surface area contributed by atoms with Gasteiger partial charge in [0.15, 0.2) is 0 Å². The molecule has 0 amide bonds. The van der Waals surface area contributed by atoms with Crippen LogP contribution in [0.25, 0.3) is 12.2 Å². The second kappa shape index (κ2) is 10.9. The van der Waals surface area contributed by atoms with Crippen molar-refractivity contribution in [1.29, 1.82) is 5.41 Å². The number of nitrogens with one attached hydrogen (secondary N) is 1. The molecule has 0 aliphatic heterocycles. The van der Waals surface area contributed by atoms with Gasteiger partial charge >= 0.3 is 0 Å². The average Bonchev–Trinajstić information content (AvgIpc) is 2.96. The second-order valence-electron chi connectivity index (χ2n) is 9.85. The maximum Gasteiger partial charge on any atom is 0.205 e. The summed E-state index contributed by atoms with van der Waals surface area (Å²) in [7, 11) is 0. The number of benzene rings is 2. The largest absolute Gasteiger partial charge is 0.512 e. The van der Waals surface area contributed by atoms with E-state index in [-0.39, 0.29) is 17.1 Å². The molecule has 4 rings (SSSR count). The van der Waals surface area contributed by atoms with E-state index in [9.17, 15) is 9.50 Å². The van der Waals surface area contributed by atoms with Gasteiger partial charge in [0.2, 0.25) is 5.90 Å². The Kier molecular flexibility index (Phi) is 7.70. The van der Waals surface area contributed by atoms with Crippen molar-refractivity contribution in [2.24, 2.45) is 11.3 Å². The van der Waals surface area contributed by atoms with Crippen molar-refractivity contribution >= 4 is 18.0 Å². The lowest BCUT2D eigenvalue weighted by Gasteiger charge is -2.36. The number of hydrogen-bond acceptors (Lipinski definition) is 3. The van der Waals surface area contributed by atoms with Crippen molar-refractivity contribution in [3.63, 3.8) is 0 Å². The van der Waals surface area contributed by atoms with Gasteiger partial charge in [-0.2, -0.15) is 0 Å². The molecule has 2 aliphatic rings. The Morgan fingerprint density at radius 2 is 1.83 bits per heavy atom. The van der Waals surface area contributed by atoms with E-state index in [4.69, 9.17) is 10.1 Å². The molecule has 182 valence electrons. The first-order chi connectivity index (χ1) is 16.8. The molecular weight excluding hydrogens is 437 g/mol. The first-order valence-electron chi connectivity index (χ1n) is 12.4. The highest BCUT2D eigenvalue weighted by Gasteiger charge is 2.38. The zero-order chi connectivity index (χ0) is 24.8. The van der Waals surface area contributed by atoms with Crippen LogP contribution in [0.2, 0.25) is 0 Å². The molecule has 2 aromatic rings. The predicted molar refractivity (Wildman–Crippen MR) is 142 cm³/mol. The lowest BCUT2D eigenvalue weighted by molar-refractivity contribution is 0.267. The SMILES string of the molecule is CCOC(=N)/C=C/c1ccc(CC2CC(=Cc3ccc(F)cc3)CCC3(C)CC(O)=CC=C23)cc1. The van der Waals surface area contributed by atoms with Crippen LogP contribution in [-0.2, 0) is 11.2 Å². The third-order valence-corrected chi connectivity index (χ3v) is 7.10. The smallest absolute Gasteiger partial charge is 0.205 e. The zero-order valence-electron chi connectivity index (χ0n) is 20.6. The molecule has 2 unspecified atom stereocenters. The Bertz CT molecular complexity index is 1170. The number of halogens is 1. The molecule has 2 aliphatic carbocycles. The number of aliphatic hydroxyl groups is 1. The quantitative estimate of drug-likeness (QED) is 0.331. The molecule has 1 fully saturated rings. The summed E-state index contributed by atoms with van der Waals surface area (Å²) in [5, 5.41) is 18.0. The van der Waals surface area contributed by atoms with E-state index in [2.05, 4.69) is 43.3 Å². The Morgan fingerprint density at radius 1 is 1.11 bits per heavy atom. The molecular formula is C31H34FNO2. The summed E-state index contributed by atoms with van der Waals surface area (Å²) in [6.07, 6.45) is 14.3. The van der Waals surface area contributed by atoms with Gasteiger partial charge in [0.25, 0.3) is 0 Å². The van der Waals surface area contributed by atoms with Crippen molar-refractivity contribution in [2.75, 3.05) is 6.61 Å². The predicted octanol–water partition coefficient (Wildman–Crippen LogP) is 8.06. The Labute approximate surface area is 207 Å². The summed E-state index contributed by atoms with van der Waals surface area (Å²) >= 11 is 0. The Balaban J connectivity index is 1.58. The molecule has 35 heavy (non-hydrogen) atoms. The van der Waals surface area contributed by atoms with Gasteiger partial charge in [-0.1, -0.05) is 66.6 Å². The summed E-state index contributed by atoms with van der Waals surface area (Å²) in [6, 6.07) is 15.2. The lowest BCUT2D eigenvalue weighted by Crippen LogP contribution is -2.26. The summed E-state index contributed by atoms with van der Waals surface area (Å²) in [5.74, 6) is 0.722. The van der Waals surface area contributed by atoms with Gasteiger partial charge in [0.1, 0.15) is 5.82 Å². The van der Waals surface area contributed by atoms with E-state index in [1.807, 2.05) is 31.2 Å². The summed E-state index contributed by atoms with van der Waals surface area (Å²) in [6.45, 7) is 4.63. The van der Waals surface area contributed by atoms with Crippen LogP contribution < -0.4 is 0 Å². The van der Waals surface area contributed by atoms with Crippen LogP contribution in [0.4, 0.5) is 4.39 Å². The van der Waals surface area contributed by atoms with Crippen molar-refractivity contribution in [2.45, 2.75) is 46.0 Å². The van der Waals surface area contributed by atoms with Crippen LogP contribution in [0.3, 0.4) is 0 Å². The topological polar surface area (TPSA) is 53.3 Å². The van der Waals surface area contributed by atoms with Crippen molar-refractivity contribution in [3.05, 3.63) is 106 Å². The minimum atomic E-state index is -0.218. The molecule has 0 heterocycles. The van der Waals surface area contributed by atoms with Gasteiger partial charge < -0.3 is 9.84 Å². The van der Waals surface area contributed by atoms with Crippen molar-refractivity contribution < 1.29 is 14.2 Å². The molecule has 2 N–H and O–H groups in total. The van der Waals surface area contributed by atoms with Gasteiger partial charge in [0, 0.05) is 12.5 Å². The molecule has 1 saturated carbocycles. The molecule has 2 atom stereocenters. The fourth-order valence-electron chi connectivity index (χ4n) is 5.31. The monoisotopic (exact) mass is 471 g/mol. The third-order valence-electron chi connectivity index (χ3n) is 7.10. The number of fused-ring (bicyclic) bond motifs is 1. The van der Waals surface area contributed by atoms with Crippen LogP contribution in [0.5, 0.6) is 0 Å². The van der Waals surface area contributed by atoms with E-state index >= 15 is 0 Å². The molecule has 0 radical (unpaired) electrons. The summed E-state index contributed by atoms with van der Waals surface area (Å²) in [5.41, 5.74) is 6.03. The standard InChI is InChI=1S/C31H34FNO2/c1-3-35-30(33)15-10-22-4-6-24(7-5-22)19-26-20-25(18-23-8-11-27(32)12-9-23)16-17-31(2)21-28(34)13-14-29(26)31/h4-15,18,26,33-34H,3,16-17,19-21H2,1-2H3/b15-10+,25-18?,33-30?. The summed E-state index contributed by atoms with van der Waals surface area (Å²) < 4.78 is 18.6. The molecule has 0 spiro atoms. The molecule has 4 heteroatoms. The van der Waals surface area contributed by atoms with Gasteiger partial charge in [-0.25, -0.2) is 4.39 Å². The van der Waals surface area contributed by atoms with Crippen LogP contribution in [0.15, 0.2) is 83.7 Å². The fourth-order valence-corrected chi connectivity index (χ4v) is 5.31. The average molecular weight is 472 g/mol. The Hall–Kier alpha value is -3.40. The minimum absolute atomic E-state index is 0.0653. The van der Waals surface area contributed by atoms with Crippen LogP contribution >= 0.6 is 0 Å². The number of rotatable bonds is 6. The highest BCUT2D eigenvalue weighted by Crippen LogP contribution is 2.50. The van der Waals surface area contributed by atoms with Crippen LogP contribution in [0, 0.1) is 22.6 Å². The minimum Gasteiger partial charge on any atom is -0.512 e. The molecule has 0 aromatic heterocycles. The highest BCUT2D eigenvalue weighted by molar-refractivity contribution is 5.89. The van der Waals surface area contributed by atoms with Crippen molar-refractivity contribution in [1.82, 2.24) is 0 Å². The van der Waals surface area contributed by atoms with E-state index in [1.165, 1.54) is 28.8 Å². The highest BCUT2D eigenvalue weighted by atomic mass is 19.1. The maximum atomic E-state index is 13.4. The maximum absolute atomic E-state index is 13.4. The molecule has 3 nitrogen and oxygen atoms in total. The number of allylic oxidation sites excluding steroid dienone is 5. The fraction of sp³-hybridized carbons (Fsp3) is 0.323. The lowest BCUT2D eigenvalue weighted by atomic mass is 9.68. The van der Waals surface area contributed by atoms with Crippen molar-refractivity contribution in [3.8, 4) is 0 Å². The first kappa shape index (κ1) is 24.7. The van der Waals surface area contributed by atoms with E-state index in [1.54, 1.807) is 6.08 Å². The van der Waals surface area contributed by atoms with Gasteiger partial charge in [-0.15, -0.1) is 0 Å². The Morgan fingerprint density at radius 3 is 2.54 bits per heavy atom. The molecule has 2 aromatic carbocycles. The van der Waals surface area contributed by atoms with Crippen LogP contribution in [-0.4, -0.2) is 17.6 Å². The van der Waals surface area contributed by atoms with Gasteiger partial charge in [-0.3, -0.25) is 5.41 Å². The number of aliphatic hydroxyl groups excluding tert-OH is 1. The van der Waals surface area contributed by atoms with E-state index in [0.29, 0.717) is 24.7 Å². The van der Waals surface area contributed by atoms with E-state index in [0.717, 1.165) is 36.8 Å². The third kappa shape index (κ3) is 6.39. The second-order valence-corrected chi connectivity index (χ2v) is 9.85. The molecule has 0 bridgehead atoms. The molecule has 0 saturated heterocycles. The van der Waals surface area contributed by atoms with E-state index < -0.39 is 0 Å². The first-order valence-corrected chi connectivity index (χ1v) is 12.4. The zero-order valence-corrected chi connectivity index (χ0v) is 20.6. The van der Waals surface area contributed by atoms with Gasteiger partial charge in [0.05, 0.1) is 12.4 Å². The number of hydrogen-bond donors (Lipinski definition) is 2. The van der Waals surface area contributed by atoms with Gasteiger partial charge in [-0.05, 0) is 84.9 Å².